The highest BCUT2D eigenvalue weighted by Gasteiger charge is 2.19. The summed E-state index contributed by atoms with van der Waals surface area (Å²) in [7, 11) is 0. The van der Waals surface area contributed by atoms with Crippen LogP contribution in [0.1, 0.15) is 21.3 Å². The molecule has 0 saturated heterocycles. The molecule has 0 saturated carbocycles. The maximum atomic E-state index is 12.1. The summed E-state index contributed by atoms with van der Waals surface area (Å²) in [4.78, 5) is 23.4. The first-order valence-electron chi connectivity index (χ1n) is 5.98. The van der Waals surface area contributed by atoms with Crippen LogP contribution in [0.4, 0.5) is 5.69 Å². The highest BCUT2D eigenvalue weighted by atomic mass is 35.5. The van der Waals surface area contributed by atoms with E-state index in [1.807, 2.05) is 6.07 Å². The molecule has 0 unspecified atom stereocenters. The van der Waals surface area contributed by atoms with Gasteiger partial charge in [-0.25, -0.2) is 0 Å². The van der Waals surface area contributed by atoms with Crippen molar-refractivity contribution < 1.29 is 9.59 Å². The minimum absolute atomic E-state index is 0.248. The molecule has 0 aromatic heterocycles. The molecule has 0 aliphatic heterocycles. The third-order valence-electron chi connectivity index (χ3n) is 2.77. The standard InChI is InChI=1S/C15H13ClN2O2/c16-13(10-6-2-1-3-7-10)15(20)18-12-9-5-4-8-11(12)14(17)19/h1-9,13H,(H2,17,19)(H,18,20)/t13-/m0/s1. The molecule has 0 aliphatic carbocycles. The number of carbonyl (C=O) groups is 2. The molecule has 2 amide bonds. The van der Waals surface area contributed by atoms with Crippen molar-refractivity contribution in [3.63, 3.8) is 0 Å². The van der Waals surface area contributed by atoms with Gasteiger partial charge in [0.2, 0.25) is 5.91 Å². The number of alkyl halides is 1. The second kappa shape index (κ2) is 6.21. The predicted octanol–water partition coefficient (Wildman–Crippen LogP) is 2.70. The monoisotopic (exact) mass is 288 g/mol. The van der Waals surface area contributed by atoms with Crippen molar-refractivity contribution in [1.82, 2.24) is 0 Å². The largest absolute Gasteiger partial charge is 0.366 e. The highest BCUT2D eigenvalue weighted by Crippen LogP contribution is 2.23. The summed E-state index contributed by atoms with van der Waals surface area (Å²) in [5, 5.41) is 1.78. The van der Waals surface area contributed by atoms with Crippen LogP contribution < -0.4 is 11.1 Å². The van der Waals surface area contributed by atoms with Crippen molar-refractivity contribution in [3.05, 3.63) is 65.7 Å². The number of nitrogens with one attached hydrogen (secondary N) is 1. The van der Waals surface area contributed by atoms with E-state index in [4.69, 9.17) is 17.3 Å². The second-order valence-corrected chi connectivity index (χ2v) is 4.61. The average molecular weight is 289 g/mol. The maximum Gasteiger partial charge on any atom is 0.250 e. The number of amides is 2. The van der Waals surface area contributed by atoms with Gasteiger partial charge in [0.25, 0.3) is 5.91 Å². The lowest BCUT2D eigenvalue weighted by molar-refractivity contribution is -0.116. The SMILES string of the molecule is NC(=O)c1ccccc1NC(=O)[C@@H](Cl)c1ccccc1. The van der Waals surface area contributed by atoms with E-state index in [9.17, 15) is 9.59 Å². The Balaban J connectivity index is 2.18. The Kier molecular flexibility index (Phi) is 4.38. The van der Waals surface area contributed by atoms with Crippen LogP contribution in [-0.2, 0) is 4.79 Å². The van der Waals surface area contributed by atoms with Gasteiger partial charge in [-0.2, -0.15) is 0 Å². The quantitative estimate of drug-likeness (QED) is 0.849. The molecule has 2 aromatic carbocycles. The Morgan fingerprint density at radius 1 is 1.00 bits per heavy atom. The molecular formula is C15H13ClN2O2. The molecule has 102 valence electrons. The molecular weight excluding hydrogens is 276 g/mol. The van der Waals surface area contributed by atoms with Crippen LogP contribution in [0.15, 0.2) is 54.6 Å². The summed E-state index contributed by atoms with van der Waals surface area (Å²) in [5.41, 5.74) is 6.54. The van der Waals surface area contributed by atoms with Crippen molar-refractivity contribution in [3.8, 4) is 0 Å². The van der Waals surface area contributed by atoms with Gasteiger partial charge in [0.05, 0.1) is 11.3 Å². The van der Waals surface area contributed by atoms with Crippen LogP contribution in [-0.4, -0.2) is 11.8 Å². The lowest BCUT2D eigenvalue weighted by Gasteiger charge is -2.12. The zero-order valence-electron chi connectivity index (χ0n) is 10.5. The third-order valence-corrected chi connectivity index (χ3v) is 3.22. The van der Waals surface area contributed by atoms with E-state index in [-0.39, 0.29) is 5.56 Å². The molecule has 0 heterocycles. The van der Waals surface area contributed by atoms with Gasteiger partial charge >= 0.3 is 0 Å². The van der Waals surface area contributed by atoms with Gasteiger partial charge in [0, 0.05) is 0 Å². The minimum atomic E-state index is -0.836. The molecule has 0 bridgehead atoms. The van der Waals surface area contributed by atoms with Gasteiger partial charge in [-0.1, -0.05) is 42.5 Å². The average Bonchev–Trinajstić information content (AvgIpc) is 2.47. The van der Waals surface area contributed by atoms with Crippen molar-refractivity contribution in [2.45, 2.75) is 5.38 Å². The summed E-state index contributed by atoms with van der Waals surface area (Å²) in [5.74, 6) is -1.02. The van der Waals surface area contributed by atoms with E-state index in [1.54, 1.807) is 48.5 Å². The number of benzene rings is 2. The summed E-state index contributed by atoms with van der Waals surface area (Å²) < 4.78 is 0. The molecule has 2 rings (SSSR count). The van der Waals surface area contributed by atoms with Gasteiger partial charge in [-0.05, 0) is 17.7 Å². The van der Waals surface area contributed by atoms with E-state index in [0.29, 0.717) is 11.3 Å². The summed E-state index contributed by atoms with van der Waals surface area (Å²) in [6.45, 7) is 0. The van der Waals surface area contributed by atoms with Gasteiger partial charge in [-0.15, -0.1) is 11.6 Å². The molecule has 2 aromatic rings. The first-order valence-corrected chi connectivity index (χ1v) is 6.42. The van der Waals surface area contributed by atoms with Gasteiger partial charge in [-0.3, -0.25) is 9.59 Å². The Labute approximate surface area is 121 Å². The van der Waals surface area contributed by atoms with Crippen LogP contribution in [0.2, 0.25) is 0 Å². The zero-order chi connectivity index (χ0) is 14.5. The predicted molar refractivity (Wildman–Crippen MR) is 78.6 cm³/mol. The Morgan fingerprint density at radius 3 is 2.25 bits per heavy atom. The second-order valence-electron chi connectivity index (χ2n) is 4.17. The molecule has 0 radical (unpaired) electrons. The zero-order valence-corrected chi connectivity index (χ0v) is 11.3. The van der Waals surface area contributed by atoms with E-state index in [0.717, 1.165) is 0 Å². The lowest BCUT2D eigenvalue weighted by atomic mass is 10.1. The first kappa shape index (κ1) is 14.1. The fourth-order valence-corrected chi connectivity index (χ4v) is 1.98. The third kappa shape index (κ3) is 3.16. The Bertz CT molecular complexity index is 629. The number of carbonyl (C=O) groups excluding carboxylic acids is 2. The summed E-state index contributed by atoms with van der Waals surface area (Å²) >= 11 is 6.11. The van der Waals surface area contributed by atoms with E-state index in [1.165, 1.54) is 0 Å². The van der Waals surface area contributed by atoms with E-state index < -0.39 is 17.2 Å². The Hall–Kier alpha value is -2.33. The summed E-state index contributed by atoms with van der Waals surface area (Å²) in [6.07, 6.45) is 0. The number of anilines is 1. The Morgan fingerprint density at radius 2 is 1.60 bits per heavy atom. The molecule has 0 fully saturated rings. The van der Waals surface area contributed by atoms with Crippen LogP contribution in [0.3, 0.4) is 0 Å². The molecule has 5 heteroatoms. The van der Waals surface area contributed by atoms with Crippen LogP contribution >= 0.6 is 11.6 Å². The van der Waals surface area contributed by atoms with E-state index in [2.05, 4.69) is 5.32 Å². The fraction of sp³-hybridized carbons (Fsp3) is 0.0667. The molecule has 3 N–H and O–H groups in total. The van der Waals surface area contributed by atoms with Crippen LogP contribution in [0.5, 0.6) is 0 Å². The number of nitrogens with two attached hydrogens (primary N) is 1. The number of halogens is 1. The molecule has 0 aliphatic rings. The summed E-state index contributed by atoms with van der Waals surface area (Å²) in [6, 6.07) is 15.5. The maximum absolute atomic E-state index is 12.1. The molecule has 4 nitrogen and oxygen atoms in total. The minimum Gasteiger partial charge on any atom is -0.366 e. The van der Waals surface area contributed by atoms with Crippen molar-refractivity contribution >= 4 is 29.1 Å². The molecule has 0 spiro atoms. The van der Waals surface area contributed by atoms with Gasteiger partial charge in [0.15, 0.2) is 0 Å². The van der Waals surface area contributed by atoms with Crippen LogP contribution in [0, 0.1) is 0 Å². The molecule has 1 atom stereocenters. The van der Waals surface area contributed by atoms with Gasteiger partial charge < -0.3 is 11.1 Å². The topological polar surface area (TPSA) is 72.2 Å². The number of rotatable bonds is 4. The number of hydrogen-bond donors (Lipinski definition) is 2. The lowest BCUT2D eigenvalue weighted by Crippen LogP contribution is -2.21. The van der Waals surface area contributed by atoms with Crippen molar-refractivity contribution in [2.75, 3.05) is 5.32 Å². The molecule has 20 heavy (non-hydrogen) atoms. The highest BCUT2D eigenvalue weighted by molar-refractivity contribution is 6.32. The van der Waals surface area contributed by atoms with Crippen LogP contribution in [0.25, 0.3) is 0 Å². The fourth-order valence-electron chi connectivity index (χ4n) is 1.78. The van der Waals surface area contributed by atoms with Gasteiger partial charge in [0.1, 0.15) is 5.38 Å². The first-order chi connectivity index (χ1) is 9.59. The normalized spacial score (nSPS) is 11.7. The van der Waals surface area contributed by atoms with Crippen molar-refractivity contribution in [2.24, 2.45) is 5.73 Å². The number of primary amides is 1. The smallest absolute Gasteiger partial charge is 0.250 e. The number of para-hydroxylation sites is 1. The number of hydrogen-bond acceptors (Lipinski definition) is 2. The van der Waals surface area contributed by atoms with Crippen molar-refractivity contribution in [1.29, 1.82) is 0 Å². The van der Waals surface area contributed by atoms with E-state index >= 15 is 0 Å².